The van der Waals surface area contributed by atoms with Gasteiger partial charge in [0.25, 0.3) is 0 Å². The van der Waals surface area contributed by atoms with Gasteiger partial charge >= 0.3 is 5.97 Å². The number of hydrogen-bond donors (Lipinski definition) is 0. The molecule has 0 N–H and O–H groups in total. The third-order valence-corrected chi connectivity index (χ3v) is 4.46. The van der Waals surface area contributed by atoms with Gasteiger partial charge in [0.2, 0.25) is 0 Å². The molecule has 4 atom stereocenters. The monoisotopic (exact) mass is 224 g/mol. The Kier molecular flexibility index (Phi) is 3.02. The molecule has 2 nitrogen and oxygen atoms in total. The summed E-state index contributed by atoms with van der Waals surface area (Å²) < 4.78 is 5.52. The number of esters is 1. The third kappa shape index (κ3) is 2.26. The Hall–Kier alpha value is -0.530. The minimum atomic E-state index is 0.0236. The van der Waals surface area contributed by atoms with Gasteiger partial charge in [-0.3, -0.25) is 4.79 Å². The van der Waals surface area contributed by atoms with Gasteiger partial charge in [-0.1, -0.05) is 27.7 Å². The highest BCUT2D eigenvalue weighted by Crippen LogP contribution is 2.44. The molecule has 0 radical (unpaired) electrons. The van der Waals surface area contributed by atoms with Crippen LogP contribution in [0.5, 0.6) is 0 Å². The van der Waals surface area contributed by atoms with Gasteiger partial charge in [-0.2, -0.15) is 0 Å². The summed E-state index contributed by atoms with van der Waals surface area (Å²) in [5, 5.41) is 0. The predicted octanol–water partition coefficient (Wildman–Crippen LogP) is 3.40. The predicted molar refractivity (Wildman–Crippen MR) is 63.9 cm³/mol. The van der Waals surface area contributed by atoms with E-state index in [1.807, 2.05) is 6.92 Å². The number of fused-ring (bicyclic) bond motifs is 1. The Balaban J connectivity index is 2.02. The van der Waals surface area contributed by atoms with Gasteiger partial charge in [-0.25, -0.2) is 0 Å². The van der Waals surface area contributed by atoms with Crippen molar-refractivity contribution in [3.05, 3.63) is 0 Å². The fourth-order valence-electron chi connectivity index (χ4n) is 3.24. The number of ether oxygens (including phenoxy) is 1. The molecule has 92 valence electrons. The zero-order valence-electron chi connectivity index (χ0n) is 11.0. The van der Waals surface area contributed by atoms with Crippen LogP contribution >= 0.6 is 0 Å². The Morgan fingerprint density at radius 3 is 2.50 bits per heavy atom. The van der Waals surface area contributed by atoms with E-state index in [0.29, 0.717) is 11.3 Å². The maximum Gasteiger partial charge on any atom is 0.308 e. The molecule has 2 rings (SSSR count). The molecule has 2 heteroatoms. The van der Waals surface area contributed by atoms with Crippen molar-refractivity contribution in [1.82, 2.24) is 0 Å². The van der Waals surface area contributed by atoms with Gasteiger partial charge in [0.1, 0.15) is 6.10 Å². The first-order valence-corrected chi connectivity index (χ1v) is 6.58. The second-order valence-corrected chi connectivity index (χ2v) is 6.75. The lowest BCUT2D eigenvalue weighted by Crippen LogP contribution is -2.43. The van der Waals surface area contributed by atoms with Gasteiger partial charge in [0, 0.05) is 0 Å². The van der Waals surface area contributed by atoms with Crippen molar-refractivity contribution in [2.24, 2.45) is 23.2 Å². The van der Waals surface area contributed by atoms with E-state index in [1.54, 1.807) is 0 Å². The first-order valence-electron chi connectivity index (χ1n) is 6.58. The van der Waals surface area contributed by atoms with E-state index in [1.165, 1.54) is 12.8 Å². The summed E-state index contributed by atoms with van der Waals surface area (Å²) in [5.74, 6) is 1.54. The van der Waals surface area contributed by atoms with Gasteiger partial charge in [-0.05, 0) is 42.9 Å². The Morgan fingerprint density at radius 2 is 1.88 bits per heavy atom. The summed E-state index contributed by atoms with van der Waals surface area (Å²) in [5.41, 5.74) is 0.398. The van der Waals surface area contributed by atoms with Crippen LogP contribution in [0.3, 0.4) is 0 Å². The van der Waals surface area contributed by atoms with Crippen LogP contribution in [0.25, 0.3) is 0 Å². The molecule has 0 aromatic rings. The zero-order chi connectivity index (χ0) is 11.9. The van der Waals surface area contributed by atoms with Gasteiger partial charge in [0.05, 0.1) is 5.92 Å². The van der Waals surface area contributed by atoms with Crippen molar-refractivity contribution in [1.29, 1.82) is 0 Å². The minimum absolute atomic E-state index is 0.0236. The molecule has 0 amide bonds. The van der Waals surface area contributed by atoms with E-state index >= 15 is 0 Å². The van der Waals surface area contributed by atoms with Crippen molar-refractivity contribution in [2.75, 3.05) is 0 Å². The molecule has 0 aromatic carbocycles. The number of carbonyl (C=O) groups is 1. The smallest absolute Gasteiger partial charge is 0.308 e. The summed E-state index contributed by atoms with van der Waals surface area (Å²) in [6.45, 7) is 8.99. The van der Waals surface area contributed by atoms with Gasteiger partial charge in [0.15, 0.2) is 0 Å². The minimum Gasteiger partial charge on any atom is -0.462 e. The SMILES string of the molecule is C[C@@H]1C[C@H]2C[C@H](C(C)(C)C)CC[C@@H]2OC1=O. The van der Waals surface area contributed by atoms with E-state index in [-0.39, 0.29) is 18.0 Å². The summed E-state index contributed by atoms with van der Waals surface area (Å²) in [6, 6.07) is 0. The van der Waals surface area contributed by atoms with Crippen LogP contribution in [-0.4, -0.2) is 12.1 Å². The van der Waals surface area contributed by atoms with Gasteiger partial charge < -0.3 is 4.74 Å². The highest BCUT2D eigenvalue weighted by Gasteiger charge is 2.42. The molecule has 2 aliphatic rings. The zero-order valence-corrected chi connectivity index (χ0v) is 11.0. The summed E-state index contributed by atoms with van der Waals surface area (Å²) in [7, 11) is 0. The van der Waals surface area contributed by atoms with Crippen LogP contribution in [0.1, 0.15) is 53.4 Å². The number of carbonyl (C=O) groups excluding carboxylic acids is 1. The maximum atomic E-state index is 11.5. The van der Waals surface area contributed by atoms with Crippen LogP contribution in [-0.2, 0) is 9.53 Å². The van der Waals surface area contributed by atoms with E-state index in [9.17, 15) is 4.79 Å². The molecule has 1 heterocycles. The lowest BCUT2D eigenvalue weighted by atomic mass is 9.66. The largest absolute Gasteiger partial charge is 0.462 e. The average molecular weight is 224 g/mol. The van der Waals surface area contributed by atoms with Crippen LogP contribution in [0.15, 0.2) is 0 Å². The normalized spacial score (nSPS) is 40.1. The van der Waals surface area contributed by atoms with E-state index in [4.69, 9.17) is 4.74 Å². The molecule has 1 saturated carbocycles. The molecule has 0 unspecified atom stereocenters. The highest BCUT2D eigenvalue weighted by atomic mass is 16.5. The standard InChI is InChI=1S/C14H24O2/c1-9-7-10-8-11(14(2,3)4)5-6-12(10)16-13(9)15/h9-12H,5-8H2,1-4H3/t9-,10+,11-,12+/m1/s1. The van der Waals surface area contributed by atoms with Crippen LogP contribution in [0.4, 0.5) is 0 Å². The molecule has 1 aliphatic carbocycles. The van der Waals surface area contributed by atoms with Crippen molar-refractivity contribution in [2.45, 2.75) is 59.5 Å². The fourth-order valence-corrected chi connectivity index (χ4v) is 3.24. The first kappa shape index (κ1) is 11.9. The maximum absolute atomic E-state index is 11.5. The third-order valence-electron chi connectivity index (χ3n) is 4.46. The summed E-state index contributed by atoms with van der Waals surface area (Å²) in [6.07, 6.45) is 4.79. The quantitative estimate of drug-likeness (QED) is 0.589. The van der Waals surface area contributed by atoms with E-state index < -0.39 is 0 Å². The number of hydrogen-bond acceptors (Lipinski definition) is 2. The average Bonchev–Trinajstić information content (AvgIpc) is 2.17. The summed E-state index contributed by atoms with van der Waals surface area (Å²) in [4.78, 5) is 11.5. The lowest BCUT2D eigenvalue weighted by Gasteiger charge is -2.44. The van der Waals surface area contributed by atoms with Crippen molar-refractivity contribution >= 4 is 5.97 Å². The molecule has 1 aliphatic heterocycles. The van der Waals surface area contributed by atoms with Crippen molar-refractivity contribution < 1.29 is 9.53 Å². The topological polar surface area (TPSA) is 26.3 Å². The van der Waals surface area contributed by atoms with Crippen LogP contribution in [0.2, 0.25) is 0 Å². The molecule has 0 aromatic heterocycles. The number of rotatable bonds is 0. The van der Waals surface area contributed by atoms with Crippen LogP contribution in [0, 0.1) is 23.2 Å². The van der Waals surface area contributed by atoms with Crippen molar-refractivity contribution in [3.63, 3.8) is 0 Å². The van der Waals surface area contributed by atoms with E-state index in [0.717, 1.165) is 18.8 Å². The molecule has 0 spiro atoms. The molecule has 2 fully saturated rings. The highest BCUT2D eigenvalue weighted by molar-refractivity contribution is 5.73. The molecular weight excluding hydrogens is 200 g/mol. The Labute approximate surface area is 98.7 Å². The Morgan fingerprint density at radius 1 is 1.19 bits per heavy atom. The molecule has 1 saturated heterocycles. The fraction of sp³-hybridized carbons (Fsp3) is 0.929. The van der Waals surface area contributed by atoms with E-state index in [2.05, 4.69) is 20.8 Å². The molecule has 0 bridgehead atoms. The van der Waals surface area contributed by atoms with Gasteiger partial charge in [-0.15, -0.1) is 0 Å². The lowest BCUT2D eigenvalue weighted by molar-refractivity contribution is -0.169. The second-order valence-electron chi connectivity index (χ2n) is 6.75. The second kappa shape index (κ2) is 4.05. The molecule has 16 heavy (non-hydrogen) atoms. The molecular formula is C14H24O2. The Bertz CT molecular complexity index is 277. The van der Waals surface area contributed by atoms with Crippen molar-refractivity contribution in [3.8, 4) is 0 Å². The van der Waals surface area contributed by atoms with Crippen LogP contribution < -0.4 is 0 Å². The first-order chi connectivity index (χ1) is 7.38. The summed E-state index contributed by atoms with van der Waals surface area (Å²) >= 11 is 0.